The van der Waals surface area contributed by atoms with Crippen LogP contribution in [-0.4, -0.2) is 6.54 Å². The van der Waals surface area contributed by atoms with Gasteiger partial charge in [0.1, 0.15) is 0 Å². The van der Waals surface area contributed by atoms with E-state index < -0.39 is 11.6 Å². The predicted molar refractivity (Wildman–Crippen MR) is 69.3 cm³/mol. The number of rotatable bonds is 6. The average Bonchev–Trinajstić information content (AvgIpc) is 2.86. The number of benzene rings is 1. The summed E-state index contributed by atoms with van der Waals surface area (Å²) in [6.07, 6.45) is 8.05. The summed E-state index contributed by atoms with van der Waals surface area (Å²) in [7, 11) is 0. The molecule has 1 nitrogen and oxygen atoms in total. The minimum atomic E-state index is -0.778. The zero-order valence-electron chi connectivity index (χ0n) is 10.7. The van der Waals surface area contributed by atoms with E-state index in [0.717, 1.165) is 18.0 Å². The lowest BCUT2D eigenvalue weighted by molar-refractivity contribution is 0.469. The number of nitrogens with one attached hydrogen (secondary N) is 1. The summed E-state index contributed by atoms with van der Waals surface area (Å²) in [5.41, 5.74) is 0.801. The maximum Gasteiger partial charge on any atom is 0.159 e. The summed E-state index contributed by atoms with van der Waals surface area (Å²) in [5, 5.41) is 3.28. The SMILES string of the molecule is Fc1ccc(CNCCCC2CCCC2)cc1F. The molecular weight excluding hydrogens is 232 g/mol. The molecule has 1 aliphatic carbocycles. The van der Waals surface area contributed by atoms with Crippen LogP contribution in [0.1, 0.15) is 44.1 Å². The number of halogens is 2. The molecule has 1 aromatic carbocycles. The minimum absolute atomic E-state index is 0.613. The van der Waals surface area contributed by atoms with Gasteiger partial charge in [0.15, 0.2) is 11.6 Å². The zero-order chi connectivity index (χ0) is 12.8. The van der Waals surface area contributed by atoms with Gasteiger partial charge in [-0.2, -0.15) is 0 Å². The summed E-state index contributed by atoms with van der Waals surface area (Å²) in [6, 6.07) is 4.08. The molecule has 18 heavy (non-hydrogen) atoms. The Balaban J connectivity index is 1.61. The molecule has 3 heteroatoms. The molecule has 0 heterocycles. The summed E-state index contributed by atoms with van der Waals surface area (Å²) < 4.78 is 25.7. The Morgan fingerprint density at radius 2 is 1.89 bits per heavy atom. The number of hydrogen-bond donors (Lipinski definition) is 1. The van der Waals surface area contributed by atoms with E-state index in [-0.39, 0.29) is 0 Å². The molecule has 0 aromatic heterocycles. The third-order valence-electron chi connectivity index (χ3n) is 3.75. The smallest absolute Gasteiger partial charge is 0.159 e. The Bertz CT molecular complexity index is 373. The van der Waals surface area contributed by atoms with E-state index in [1.54, 1.807) is 6.07 Å². The number of hydrogen-bond acceptors (Lipinski definition) is 1. The molecule has 0 amide bonds. The molecule has 0 radical (unpaired) electrons. The lowest BCUT2D eigenvalue weighted by atomic mass is 10.0. The molecule has 1 fully saturated rings. The fourth-order valence-electron chi connectivity index (χ4n) is 2.70. The van der Waals surface area contributed by atoms with E-state index in [9.17, 15) is 8.78 Å². The van der Waals surface area contributed by atoms with Crippen LogP contribution < -0.4 is 5.32 Å². The van der Waals surface area contributed by atoms with Gasteiger partial charge < -0.3 is 5.32 Å². The van der Waals surface area contributed by atoms with Crippen molar-refractivity contribution in [3.05, 3.63) is 35.4 Å². The Hall–Kier alpha value is -0.960. The fraction of sp³-hybridized carbons (Fsp3) is 0.600. The van der Waals surface area contributed by atoms with Crippen molar-refractivity contribution in [2.45, 2.75) is 45.1 Å². The van der Waals surface area contributed by atoms with E-state index >= 15 is 0 Å². The van der Waals surface area contributed by atoms with Gasteiger partial charge in [-0.1, -0.05) is 31.7 Å². The van der Waals surface area contributed by atoms with Gasteiger partial charge in [0.05, 0.1) is 0 Å². The molecule has 1 N–H and O–H groups in total. The highest BCUT2D eigenvalue weighted by atomic mass is 19.2. The van der Waals surface area contributed by atoms with E-state index in [0.29, 0.717) is 6.54 Å². The van der Waals surface area contributed by atoms with E-state index in [4.69, 9.17) is 0 Å². The maximum atomic E-state index is 13.0. The van der Waals surface area contributed by atoms with Gasteiger partial charge >= 0.3 is 0 Å². The molecule has 0 atom stereocenters. The van der Waals surface area contributed by atoms with Gasteiger partial charge in [-0.15, -0.1) is 0 Å². The molecular formula is C15H21F2N. The quantitative estimate of drug-likeness (QED) is 0.755. The van der Waals surface area contributed by atoms with E-state index in [1.165, 1.54) is 50.7 Å². The molecule has 100 valence electrons. The monoisotopic (exact) mass is 253 g/mol. The first-order valence-electron chi connectivity index (χ1n) is 6.90. The summed E-state index contributed by atoms with van der Waals surface area (Å²) >= 11 is 0. The van der Waals surface area contributed by atoms with Gasteiger partial charge in [0, 0.05) is 6.54 Å². The van der Waals surface area contributed by atoms with Crippen molar-refractivity contribution in [2.24, 2.45) is 5.92 Å². The van der Waals surface area contributed by atoms with Crippen molar-refractivity contribution < 1.29 is 8.78 Å². The molecule has 1 aromatic rings. The normalized spacial score (nSPS) is 16.3. The van der Waals surface area contributed by atoms with Gasteiger partial charge in [-0.05, 0) is 43.0 Å². The van der Waals surface area contributed by atoms with Gasteiger partial charge in [0.25, 0.3) is 0 Å². The maximum absolute atomic E-state index is 13.0. The Morgan fingerprint density at radius 3 is 2.61 bits per heavy atom. The summed E-state index contributed by atoms with van der Waals surface area (Å²) in [4.78, 5) is 0. The second-order valence-electron chi connectivity index (χ2n) is 5.22. The second-order valence-corrected chi connectivity index (χ2v) is 5.22. The van der Waals surface area contributed by atoms with Crippen molar-refractivity contribution in [3.8, 4) is 0 Å². The summed E-state index contributed by atoms with van der Waals surface area (Å²) in [5.74, 6) is -0.615. The standard InChI is InChI=1S/C15H21F2N/c16-14-8-7-13(10-15(14)17)11-18-9-3-6-12-4-1-2-5-12/h7-8,10,12,18H,1-6,9,11H2. The molecule has 0 unspecified atom stereocenters. The Morgan fingerprint density at radius 1 is 1.11 bits per heavy atom. The molecule has 0 spiro atoms. The Labute approximate surface area is 108 Å². The fourth-order valence-corrected chi connectivity index (χ4v) is 2.70. The van der Waals surface area contributed by atoms with Crippen LogP contribution in [0.25, 0.3) is 0 Å². The van der Waals surface area contributed by atoms with Crippen LogP contribution in [0.15, 0.2) is 18.2 Å². The first-order chi connectivity index (χ1) is 8.75. The van der Waals surface area contributed by atoms with Crippen LogP contribution in [0.3, 0.4) is 0 Å². The topological polar surface area (TPSA) is 12.0 Å². The molecule has 0 aliphatic heterocycles. The van der Waals surface area contributed by atoms with Crippen molar-refractivity contribution in [2.75, 3.05) is 6.54 Å². The van der Waals surface area contributed by atoms with E-state index in [1.807, 2.05) is 0 Å². The molecule has 0 bridgehead atoms. The lowest BCUT2D eigenvalue weighted by Gasteiger charge is -2.09. The van der Waals surface area contributed by atoms with E-state index in [2.05, 4.69) is 5.32 Å². The van der Waals surface area contributed by atoms with Crippen LogP contribution in [-0.2, 0) is 6.54 Å². The molecule has 2 rings (SSSR count). The van der Waals surface area contributed by atoms with Crippen molar-refractivity contribution in [1.29, 1.82) is 0 Å². The summed E-state index contributed by atoms with van der Waals surface area (Å²) in [6.45, 7) is 1.57. The highest BCUT2D eigenvalue weighted by Gasteiger charge is 2.13. The van der Waals surface area contributed by atoms with Crippen LogP contribution in [0, 0.1) is 17.6 Å². The third-order valence-corrected chi connectivity index (χ3v) is 3.75. The van der Waals surface area contributed by atoms with Crippen LogP contribution in [0.5, 0.6) is 0 Å². The molecule has 0 saturated heterocycles. The Kier molecular flexibility index (Phi) is 5.12. The van der Waals surface area contributed by atoms with Crippen LogP contribution in [0.4, 0.5) is 8.78 Å². The van der Waals surface area contributed by atoms with Crippen LogP contribution in [0.2, 0.25) is 0 Å². The largest absolute Gasteiger partial charge is 0.313 e. The average molecular weight is 253 g/mol. The van der Waals surface area contributed by atoms with Crippen molar-refractivity contribution in [1.82, 2.24) is 5.32 Å². The van der Waals surface area contributed by atoms with Gasteiger partial charge in [0.2, 0.25) is 0 Å². The molecule has 1 saturated carbocycles. The first-order valence-corrected chi connectivity index (χ1v) is 6.90. The van der Waals surface area contributed by atoms with Crippen molar-refractivity contribution in [3.63, 3.8) is 0 Å². The van der Waals surface area contributed by atoms with Gasteiger partial charge in [-0.3, -0.25) is 0 Å². The third kappa shape index (κ3) is 4.05. The highest BCUT2D eigenvalue weighted by molar-refractivity contribution is 5.17. The molecule has 1 aliphatic rings. The van der Waals surface area contributed by atoms with Crippen LogP contribution >= 0.6 is 0 Å². The second kappa shape index (κ2) is 6.83. The zero-order valence-corrected chi connectivity index (χ0v) is 10.7. The van der Waals surface area contributed by atoms with Crippen molar-refractivity contribution >= 4 is 0 Å². The highest BCUT2D eigenvalue weighted by Crippen LogP contribution is 2.28. The minimum Gasteiger partial charge on any atom is -0.313 e. The van der Waals surface area contributed by atoms with Gasteiger partial charge in [-0.25, -0.2) is 8.78 Å². The predicted octanol–water partition coefficient (Wildman–Crippen LogP) is 4.02. The first kappa shape index (κ1) is 13.5. The lowest BCUT2D eigenvalue weighted by Crippen LogP contribution is -2.15.